The Morgan fingerprint density at radius 1 is 1.23 bits per heavy atom. The number of nitrogens with zero attached hydrogens (tertiary/aromatic N) is 2. The molecule has 0 aromatic carbocycles. The van der Waals surface area contributed by atoms with E-state index in [1.165, 1.54) is 5.57 Å². The smallest absolute Gasteiger partial charge is 0.0662 e. The van der Waals surface area contributed by atoms with Crippen molar-refractivity contribution in [2.45, 2.75) is 6.42 Å². The maximum absolute atomic E-state index is 4.27. The van der Waals surface area contributed by atoms with Crippen molar-refractivity contribution in [2.24, 2.45) is 4.99 Å². The summed E-state index contributed by atoms with van der Waals surface area (Å²) in [6.07, 6.45) is 6.81. The molecule has 0 aliphatic carbocycles. The summed E-state index contributed by atoms with van der Waals surface area (Å²) >= 11 is 0. The Bertz CT molecular complexity index is 317. The number of allylic oxidation sites excluding steroid dienone is 1. The van der Waals surface area contributed by atoms with Crippen LogP contribution >= 0.6 is 12.4 Å². The minimum absolute atomic E-state index is 0. The molecule has 0 radical (unpaired) electrons. The van der Waals surface area contributed by atoms with Gasteiger partial charge in [0.05, 0.1) is 12.2 Å². The molecule has 0 unspecified atom stereocenters. The highest BCUT2D eigenvalue weighted by molar-refractivity contribution is 5.85. The average Bonchev–Trinajstić information content (AvgIpc) is 2.21. The highest BCUT2D eigenvalue weighted by Gasteiger charge is 2.02. The molecule has 0 spiro atoms. The maximum Gasteiger partial charge on any atom is 0.0662 e. The molecule has 0 fully saturated rings. The zero-order valence-electron chi connectivity index (χ0n) is 7.18. The molecule has 0 saturated heterocycles. The van der Waals surface area contributed by atoms with Crippen LogP contribution in [-0.2, 0) is 0 Å². The summed E-state index contributed by atoms with van der Waals surface area (Å²) in [4.78, 5) is 8.40. The van der Waals surface area contributed by atoms with Crippen LogP contribution in [0.15, 0.2) is 35.5 Å². The lowest BCUT2D eigenvalue weighted by Gasteiger charge is -2.05. The fourth-order valence-corrected chi connectivity index (χ4v) is 1.25. The molecule has 3 heteroatoms. The van der Waals surface area contributed by atoms with E-state index < -0.39 is 0 Å². The zero-order valence-corrected chi connectivity index (χ0v) is 8.00. The van der Waals surface area contributed by atoms with Crippen LogP contribution in [0.4, 0.5) is 0 Å². The molecule has 0 N–H and O–H groups in total. The van der Waals surface area contributed by atoms with Crippen LogP contribution in [0.2, 0.25) is 0 Å². The van der Waals surface area contributed by atoms with Gasteiger partial charge in [-0.2, -0.15) is 0 Å². The number of rotatable bonds is 1. The summed E-state index contributed by atoms with van der Waals surface area (Å²) in [6.45, 7) is 0.798. The average molecular weight is 195 g/mol. The minimum Gasteiger partial charge on any atom is -0.293 e. The van der Waals surface area contributed by atoms with Crippen molar-refractivity contribution in [3.8, 4) is 0 Å². The first-order valence-electron chi connectivity index (χ1n) is 4.05. The molecule has 2 nitrogen and oxygen atoms in total. The molecule has 2 rings (SSSR count). The van der Waals surface area contributed by atoms with Gasteiger partial charge in [-0.1, -0.05) is 12.1 Å². The van der Waals surface area contributed by atoms with Crippen molar-refractivity contribution < 1.29 is 0 Å². The van der Waals surface area contributed by atoms with Gasteiger partial charge in [0.25, 0.3) is 0 Å². The van der Waals surface area contributed by atoms with Gasteiger partial charge in [-0.3, -0.25) is 9.98 Å². The summed E-state index contributed by atoms with van der Waals surface area (Å²) in [5, 5.41) is 0. The second-order valence-corrected chi connectivity index (χ2v) is 2.70. The van der Waals surface area contributed by atoms with E-state index in [2.05, 4.69) is 16.1 Å². The lowest BCUT2D eigenvalue weighted by atomic mass is 10.1. The van der Waals surface area contributed by atoms with Crippen LogP contribution in [0.1, 0.15) is 12.1 Å². The van der Waals surface area contributed by atoms with Gasteiger partial charge in [-0.05, 0) is 17.7 Å². The van der Waals surface area contributed by atoms with Gasteiger partial charge < -0.3 is 0 Å². The number of pyridine rings is 1. The summed E-state index contributed by atoms with van der Waals surface area (Å²) in [5.74, 6) is 0. The number of aromatic nitrogens is 1. The monoisotopic (exact) mass is 194 g/mol. The Balaban J connectivity index is 0.000000845. The Hall–Kier alpha value is -1.15. The zero-order chi connectivity index (χ0) is 8.23. The number of halogens is 1. The van der Waals surface area contributed by atoms with Gasteiger partial charge in [0.1, 0.15) is 0 Å². The third kappa shape index (κ3) is 2.39. The van der Waals surface area contributed by atoms with Crippen molar-refractivity contribution in [2.75, 3.05) is 6.54 Å². The van der Waals surface area contributed by atoms with Gasteiger partial charge in [0.15, 0.2) is 0 Å². The number of hydrogen-bond acceptors (Lipinski definition) is 2. The predicted octanol–water partition coefficient (Wildman–Crippen LogP) is 2.36. The molecule has 0 bridgehead atoms. The van der Waals surface area contributed by atoms with Gasteiger partial charge >= 0.3 is 0 Å². The van der Waals surface area contributed by atoms with Crippen molar-refractivity contribution >= 4 is 24.2 Å². The van der Waals surface area contributed by atoms with Crippen LogP contribution < -0.4 is 0 Å². The molecule has 13 heavy (non-hydrogen) atoms. The SMILES string of the molecule is C1=NCC=C(c2ccccn2)C1.Cl. The summed E-state index contributed by atoms with van der Waals surface area (Å²) < 4.78 is 0. The Morgan fingerprint density at radius 3 is 2.77 bits per heavy atom. The van der Waals surface area contributed by atoms with Crippen molar-refractivity contribution in [3.05, 3.63) is 36.2 Å². The summed E-state index contributed by atoms with van der Waals surface area (Å²) in [7, 11) is 0. The van der Waals surface area contributed by atoms with Crippen LogP contribution in [0.3, 0.4) is 0 Å². The van der Waals surface area contributed by atoms with Crippen LogP contribution in [0.5, 0.6) is 0 Å². The van der Waals surface area contributed by atoms with Gasteiger partial charge in [-0.25, -0.2) is 0 Å². The molecule has 1 aliphatic heterocycles. The quantitative estimate of drug-likeness (QED) is 0.674. The Labute approximate surface area is 83.8 Å². The topological polar surface area (TPSA) is 25.2 Å². The van der Waals surface area contributed by atoms with Crippen molar-refractivity contribution in [3.63, 3.8) is 0 Å². The Kier molecular flexibility index (Phi) is 3.65. The molecular formula is C10H11ClN2. The fourth-order valence-electron chi connectivity index (χ4n) is 1.25. The molecule has 0 saturated carbocycles. The van der Waals surface area contributed by atoms with Crippen molar-refractivity contribution in [1.29, 1.82) is 0 Å². The summed E-state index contributed by atoms with van der Waals surface area (Å²) in [5.41, 5.74) is 2.36. The Morgan fingerprint density at radius 2 is 2.15 bits per heavy atom. The molecule has 0 atom stereocenters. The molecule has 2 heterocycles. The fraction of sp³-hybridized carbons (Fsp3) is 0.200. The van der Waals surface area contributed by atoms with E-state index in [4.69, 9.17) is 0 Å². The van der Waals surface area contributed by atoms with Crippen molar-refractivity contribution in [1.82, 2.24) is 4.98 Å². The van der Waals surface area contributed by atoms with E-state index in [-0.39, 0.29) is 12.4 Å². The van der Waals surface area contributed by atoms with Gasteiger partial charge in [0, 0.05) is 18.8 Å². The lowest BCUT2D eigenvalue weighted by Crippen LogP contribution is -1.95. The van der Waals surface area contributed by atoms with E-state index in [1.54, 1.807) is 0 Å². The summed E-state index contributed by atoms with van der Waals surface area (Å²) in [6, 6.07) is 5.97. The normalized spacial score (nSPS) is 14.6. The first-order chi connectivity index (χ1) is 5.97. The van der Waals surface area contributed by atoms with Gasteiger partial charge in [0.2, 0.25) is 0 Å². The van der Waals surface area contributed by atoms with Gasteiger partial charge in [-0.15, -0.1) is 12.4 Å². The van der Waals surface area contributed by atoms with Crippen LogP contribution in [0, 0.1) is 0 Å². The molecule has 1 aliphatic rings. The standard InChI is InChI=1S/C10H10N2.ClH/c1-2-6-12-10(3-1)9-4-7-11-8-5-9;/h1-4,6,8H,5,7H2;1H. The van der Waals surface area contributed by atoms with Crippen LogP contribution in [-0.4, -0.2) is 17.7 Å². The first-order valence-corrected chi connectivity index (χ1v) is 4.05. The largest absolute Gasteiger partial charge is 0.293 e. The second-order valence-electron chi connectivity index (χ2n) is 2.70. The van der Waals surface area contributed by atoms with E-state index >= 15 is 0 Å². The molecule has 1 aromatic rings. The van der Waals surface area contributed by atoms with E-state index in [0.29, 0.717) is 0 Å². The number of dihydropyridines is 1. The second kappa shape index (κ2) is 4.77. The lowest BCUT2D eigenvalue weighted by molar-refractivity contribution is 1.17. The third-order valence-electron chi connectivity index (χ3n) is 1.88. The molecular weight excluding hydrogens is 184 g/mol. The highest BCUT2D eigenvalue weighted by atomic mass is 35.5. The highest BCUT2D eigenvalue weighted by Crippen LogP contribution is 2.15. The molecule has 0 amide bonds. The molecule has 1 aromatic heterocycles. The first kappa shape index (κ1) is 9.93. The van der Waals surface area contributed by atoms with Crippen LogP contribution in [0.25, 0.3) is 5.57 Å². The molecule has 68 valence electrons. The van der Waals surface area contributed by atoms with E-state index in [0.717, 1.165) is 18.7 Å². The van der Waals surface area contributed by atoms with E-state index in [1.807, 2.05) is 30.6 Å². The maximum atomic E-state index is 4.27. The number of aliphatic imine (C=N–C) groups is 1. The third-order valence-corrected chi connectivity index (χ3v) is 1.88. The number of hydrogen-bond donors (Lipinski definition) is 0. The van der Waals surface area contributed by atoms with E-state index in [9.17, 15) is 0 Å². The predicted molar refractivity (Wildman–Crippen MR) is 57.4 cm³/mol. The minimum atomic E-state index is 0.